The first-order chi connectivity index (χ1) is 16.2. The van der Waals surface area contributed by atoms with Crippen molar-refractivity contribution in [2.24, 2.45) is 11.8 Å². The van der Waals surface area contributed by atoms with E-state index in [1.807, 2.05) is 13.8 Å². The SMILES string of the molecule is CC(C)CC(NC(=O)c1ccc(N)cc1)C(=O)N1CCC2C1C(=O)CN2C(=O)CC1CCCC1. The Labute approximate surface area is 201 Å². The summed E-state index contributed by atoms with van der Waals surface area (Å²) in [5, 5.41) is 2.87. The normalized spacial score (nSPS) is 23.4. The smallest absolute Gasteiger partial charge is 0.251 e. The van der Waals surface area contributed by atoms with E-state index in [-0.39, 0.29) is 42.0 Å². The maximum Gasteiger partial charge on any atom is 0.251 e. The highest BCUT2D eigenvalue weighted by molar-refractivity contribution is 6.00. The number of nitrogens with two attached hydrogens (primary N) is 1. The van der Waals surface area contributed by atoms with Crippen LogP contribution in [-0.2, 0) is 14.4 Å². The quantitative estimate of drug-likeness (QED) is 0.597. The van der Waals surface area contributed by atoms with Crippen LogP contribution in [0.2, 0.25) is 0 Å². The number of ketones is 1. The number of anilines is 1. The lowest BCUT2D eigenvalue weighted by atomic mass is 10.0. The molecule has 3 aliphatic rings. The molecule has 2 saturated heterocycles. The first kappa shape index (κ1) is 24.2. The molecule has 1 aliphatic carbocycles. The van der Waals surface area contributed by atoms with Crippen LogP contribution in [0.5, 0.6) is 0 Å². The lowest BCUT2D eigenvalue weighted by Gasteiger charge is -2.29. The van der Waals surface area contributed by atoms with Gasteiger partial charge in [0, 0.05) is 24.2 Å². The van der Waals surface area contributed by atoms with Crippen molar-refractivity contribution in [1.29, 1.82) is 0 Å². The summed E-state index contributed by atoms with van der Waals surface area (Å²) in [5.41, 5.74) is 6.70. The fourth-order valence-corrected chi connectivity index (χ4v) is 5.74. The zero-order chi connectivity index (χ0) is 24.4. The molecular formula is C26H36N4O4. The van der Waals surface area contributed by atoms with Gasteiger partial charge in [-0.15, -0.1) is 0 Å². The number of nitrogens with one attached hydrogen (secondary N) is 1. The van der Waals surface area contributed by atoms with E-state index in [2.05, 4.69) is 5.32 Å². The van der Waals surface area contributed by atoms with Crippen LogP contribution >= 0.6 is 0 Å². The summed E-state index contributed by atoms with van der Waals surface area (Å²) in [6.07, 6.45) is 6.06. The molecule has 3 fully saturated rings. The fourth-order valence-electron chi connectivity index (χ4n) is 5.74. The van der Waals surface area contributed by atoms with Gasteiger partial charge in [-0.1, -0.05) is 26.7 Å². The number of carbonyl (C=O) groups excluding carboxylic acids is 4. The Bertz CT molecular complexity index is 939. The number of nitrogens with zero attached hydrogens (tertiary/aromatic N) is 2. The molecule has 0 aromatic heterocycles. The number of likely N-dealkylation sites (tertiary alicyclic amines) is 2. The first-order valence-corrected chi connectivity index (χ1v) is 12.5. The van der Waals surface area contributed by atoms with Gasteiger partial charge in [0.15, 0.2) is 5.78 Å². The third kappa shape index (κ3) is 5.10. The maximum atomic E-state index is 13.6. The molecule has 4 rings (SSSR count). The molecule has 8 heteroatoms. The van der Waals surface area contributed by atoms with Gasteiger partial charge in [-0.3, -0.25) is 19.2 Å². The molecular weight excluding hydrogens is 432 g/mol. The van der Waals surface area contributed by atoms with Crippen molar-refractivity contribution in [3.05, 3.63) is 29.8 Å². The van der Waals surface area contributed by atoms with Gasteiger partial charge < -0.3 is 20.9 Å². The van der Waals surface area contributed by atoms with E-state index >= 15 is 0 Å². The van der Waals surface area contributed by atoms with E-state index in [4.69, 9.17) is 5.73 Å². The predicted octanol–water partition coefficient (Wildman–Crippen LogP) is 2.37. The Morgan fingerprint density at radius 2 is 1.74 bits per heavy atom. The molecule has 3 amide bonds. The first-order valence-electron chi connectivity index (χ1n) is 12.5. The third-order valence-electron chi connectivity index (χ3n) is 7.45. The number of hydrogen-bond donors (Lipinski definition) is 2. The monoisotopic (exact) mass is 468 g/mol. The van der Waals surface area contributed by atoms with E-state index in [9.17, 15) is 19.2 Å². The van der Waals surface area contributed by atoms with Crippen molar-refractivity contribution in [3.63, 3.8) is 0 Å². The average Bonchev–Trinajstić information content (AvgIpc) is 3.52. The maximum absolute atomic E-state index is 13.6. The number of nitrogen functional groups attached to an aromatic ring is 1. The fraction of sp³-hybridized carbons (Fsp3) is 0.615. The third-order valence-corrected chi connectivity index (χ3v) is 7.45. The predicted molar refractivity (Wildman–Crippen MR) is 129 cm³/mol. The molecule has 3 unspecified atom stereocenters. The van der Waals surface area contributed by atoms with Crippen molar-refractivity contribution in [2.75, 3.05) is 18.8 Å². The number of amides is 3. The zero-order valence-electron chi connectivity index (χ0n) is 20.2. The van der Waals surface area contributed by atoms with Gasteiger partial charge in [0.1, 0.15) is 12.1 Å². The van der Waals surface area contributed by atoms with Gasteiger partial charge in [0.25, 0.3) is 5.91 Å². The molecule has 0 bridgehead atoms. The van der Waals surface area contributed by atoms with Crippen LogP contribution in [0.15, 0.2) is 24.3 Å². The highest BCUT2D eigenvalue weighted by Crippen LogP contribution is 2.34. The van der Waals surface area contributed by atoms with Crippen molar-refractivity contribution < 1.29 is 19.2 Å². The summed E-state index contributed by atoms with van der Waals surface area (Å²) >= 11 is 0. The second-order valence-corrected chi connectivity index (χ2v) is 10.5. The molecule has 2 aliphatic heterocycles. The number of rotatable bonds is 7. The Balaban J connectivity index is 1.45. The minimum absolute atomic E-state index is 0.0393. The molecule has 0 radical (unpaired) electrons. The van der Waals surface area contributed by atoms with Crippen LogP contribution in [0.4, 0.5) is 5.69 Å². The van der Waals surface area contributed by atoms with Crippen LogP contribution < -0.4 is 11.1 Å². The van der Waals surface area contributed by atoms with E-state index in [1.165, 1.54) is 12.8 Å². The van der Waals surface area contributed by atoms with Crippen LogP contribution in [-0.4, -0.2) is 64.5 Å². The average molecular weight is 469 g/mol. The molecule has 8 nitrogen and oxygen atoms in total. The summed E-state index contributed by atoms with van der Waals surface area (Å²) in [7, 11) is 0. The molecule has 1 aromatic carbocycles. The summed E-state index contributed by atoms with van der Waals surface area (Å²) in [6, 6.07) is 4.95. The molecule has 3 atom stereocenters. The molecule has 34 heavy (non-hydrogen) atoms. The van der Waals surface area contributed by atoms with Gasteiger partial charge in [-0.25, -0.2) is 0 Å². The highest BCUT2D eigenvalue weighted by atomic mass is 16.2. The summed E-state index contributed by atoms with van der Waals surface area (Å²) in [4.78, 5) is 55.7. The van der Waals surface area contributed by atoms with E-state index in [0.29, 0.717) is 43.0 Å². The molecule has 0 spiro atoms. The minimum atomic E-state index is -0.736. The Morgan fingerprint density at radius 3 is 2.38 bits per heavy atom. The molecule has 3 N–H and O–H groups in total. The highest BCUT2D eigenvalue weighted by Gasteiger charge is 2.52. The van der Waals surface area contributed by atoms with Gasteiger partial charge >= 0.3 is 0 Å². The largest absolute Gasteiger partial charge is 0.399 e. The minimum Gasteiger partial charge on any atom is -0.399 e. The van der Waals surface area contributed by atoms with Crippen molar-refractivity contribution in [1.82, 2.24) is 15.1 Å². The van der Waals surface area contributed by atoms with Gasteiger partial charge in [-0.2, -0.15) is 0 Å². The lowest BCUT2D eigenvalue weighted by molar-refractivity contribution is -0.138. The molecule has 1 aromatic rings. The molecule has 2 heterocycles. The van der Waals surface area contributed by atoms with Gasteiger partial charge in [0.2, 0.25) is 11.8 Å². The van der Waals surface area contributed by atoms with Crippen LogP contribution in [0.25, 0.3) is 0 Å². The van der Waals surface area contributed by atoms with E-state index < -0.39 is 12.1 Å². The van der Waals surface area contributed by atoms with Crippen molar-refractivity contribution in [2.45, 2.75) is 76.9 Å². The lowest BCUT2D eigenvalue weighted by Crippen LogP contribution is -2.53. The zero-order valence-corrected chi connectivity index (χ0v) is 20.2. The van der Waals surface area contributed by atoms with Crippen LogP contribution in [0, 0.1) is 11.8 Å². The van der Waals surface area contributed by atoms with Gasteiger partial charge in [0.05, 0.1) is 12.6 Å². The second-order valence-electron chi connectivity index (χ2n) is 10.5. The second kappa shape index (κ2) is 10.2. The van der Waals surface area contributed by atoms with Crippen molar-refractivity contribution in [3.8, 4) is 0 Å². The Hall–Kier alpha value is -2.90. The number of carbonyl (C=O) groups is 4. The number of Topliss-reactive ketones (excluding diaryl/α,β-unsaturated/α-hetero) is 1. The molecule has 1 saturated carbocycles. The Morgan fingerprint density at radius 1 is 1.06 bits per heavy atom. The Kier molecular flexibility index (Phi) is 7.24. The summed E-state index contributed by atoms with van der Waals surface area (Å²) < 4.78 is 0. The number of benzene rings is 1. The van der Waals surface area contributed by atoms with E-state index in [0.717, 1.165) is 12.8 Å². The summed E-state index contributed by atoms with van der Waals surface area (Å²) in [6.45, 7) is 4.48. The standard InChI is InChI=1S/C26H36N4O4/c1-16(2)13-20(28-25(33)18-7-9-19(27)10-8-18)26(34)29-12-11-21-24(29)22(31)15-30(21)23(32)14-17-5-3-4-6-17/h7-10,16-17,20-21,24H,3-6,11-15,27H2,1-2H3,(H,28,33). The van der Waals surface area contributed by atoms with Crippen LogP contribution in [0.3, 0.4) is 0 Å². The van der Waals surface area contributed by atoms with Gasteiger partial charge in [-0.05, 0) is 61.8 Å². The topological polar surface area (TPSA) is 113 Å². The van der Waals surface area contributed by atoms with E-state index in [1.54, 1.807) is 34.1 Å². The molecule has 184 valence electrons. The number of hydrogen-bond acceptors (Lipinski definition) is 5. The van der Waals surface area contributed by atoms with Crippen LogP contribution in [0.1, 0.15) is 69.2 Å². The number of fused-ring (bicyclic) bond motifs is 1. The summed E-state index contributed by atoms with van der Waals surface area (Å²) in [5.74, 6) is -0.0480. The van der Waals surface area contributed by atoms with Crippen molar-refractivity contribution >= 4 is 29.2 Å².